The molecular formula is C16H17NO6S2. The average Bonchev–Trinajstić information content (AvgIpc) is 3.18. The van der Waals surface area contributed by atoms with Gasteiger partial charge in [-0.15, -0.1) is 11.3 Å². The highest BCUT2D eigenvalue weighted by Gasteiger charge is 2.48. The molecule has 0 radical (unpaired) electrons. The Labute approximate surface area is 149 Å². The van der Waals surface area contributed by atoms with Gasteiger partial charge in [0.1, 0.15) is 26.2 Å². The molecule has 1 aliphatic carbocycles. The molecule has 25 heavy (non-hydrogen) atoms. The molecule has 0 atom stereocenters. The van der Waals surface area contributed by atoms with Crippen LogP contribution in [0.2, 0.25) is 0 Å². The van der Waals surface area contributed by atoms with Crippen LogP contribution in [-0.4, -0.2) is 39.3 Å². The zero-order valence-corrected chi connectivity index (χ0v) is 15.2. The van der Waals surface area contributed by atoms with Crippen LogP contribution in [-0.2, 0) is 14.6 Å². The lowest BCUT2D eigenvalue weighted by molar-refractivity contribution is -0.125. The number of thiophene rings is 1. The molecule has 1 heterocycles. The van der Waals surface area contributed by atoms with E-state index in [1.54, 1.807) is 6.07 Å². The predicted molar refractivity (Wildman–Crippen MR) is 92.1 cm³/mol. The fourth-order valence-corrected chi connectivity index (χ4v) is 4.97. The zero-order chi connectivity index (χ0) is 18.2. The number of amides is 1. The summed E-state index contributed by atoms with van der Waals surface area (Å²) in [5.74, 6) is 0.0738. The third-order valence-electron chi connectivity index (χ3n) is 3.89. The van der Waals surface area contributed by atoms with Crippen molar-refractivity contribution >= 4 is 32.1 Å². The summed E-state index contributed by atoms with van der Waals surface area (Å²) in [6, 6.07) is 7.41. The minimum absolute atomic E-state index is 0.0186. The summed E-state index contributed by atoms with van der Waals surface area (Å²) in [6.45, 7) is 0. The summed E-state index contributed by atoms with van der Waals surface area (Å²) in [6.07, 6.45) is 0.826. The van der Waals surface area contributed by atoms with E-state index in [9.17, 15) is 18.3 Å². The van der Waals surface area contributed by atoms with Gasteiger partial charge >= 0.3 is 0 Å². The first-order valence-corrected chi connectivity index (χ1v) is 9.71. The number of ether oxygens (including phenoxy) is 2. The molecule has 0 bridgehead atoms. The van der Waals surface area contributed by atoms with E-state index in [1.165, 1.54) is 38.5 Å². The van der Waals surface area contributed by atoms with E-state index >= 15 is 0 Å². The van der Waals surface area contributed by atoms with Crippen molar-refractivity contribution in [3.05, 3.63) is 30.3 Å². The van der Waals surface area contributed by atoms with Crippen LogP contribution >= 0.6 is 11.3 Å². The minimum Gasteiger partial charge on any atom is -0.497 e. The lowest BCUT2D eigenvalue weighted by Gasteiger charge is -2.10. The van der Waals surface area contributed by atoms with E-state index in [2.05, 4.69) is 5.32 Å². The fraction of sp³-hybridized carbons (Fsp3) is 0.312. The van der Waals surface area contributed by atoms with Crippen molar-refractivity contribution in [2.24, 2.45) is 0 Å². The van der Waals surface area contributed by atoms with Crippen LogP contribution in [0.4, 0.5) is 5.00 Å². The molecule has 2 aromatic rings. The van der Waals surface area contributed by atoms with Crippen LogP contribution in [0, 0.1) is 0 Å². The Balaban J connectivity index is 1.92. The van der Waals surface area contributed by atoms with Gasteiger partial charge in [0.15, 0.2) is 0 Å². The Bertz CT molecular complexity index is 914. The van der Waals surface area contributed by atoms with Crippen LogP contribution in [0.3, 0.4) is 0 Å². The molecule has 0 spiro atoms. The summed E-state index contributed by atoms with van der Waals surface area (Å²) in [7, 11) is -1.02. The fourth-order valence-electron chi connectivity index (χ4n) is 2.21. The lowest BCUT2D eigenvalue weighted by Crippen LogP contribution is -2.28. The van der Waals surface area contributed by atoms with E-state index in [0.717, 1.165) is 11.3 Å². The molecule has 1 aliphatic rings. The summed E-state index contributed by atoms with van der Waals surface area (Å²) >= 11 is 0.912. The van der Waals surface area contributed by atoms with Gasteiger partial charge < -0.3 is 19.9 Å². The van der Waals surface area contributed by atoms with Crippen LogP contribution in [0.25, 0.3) is 0 Å². The Morgan fingerprint density at radius 2 is 1.92 bits per heavy atom. The van der Waals surface area contributed by atoms with Crippen LogP contribution in [0.15, 0.2) is 39.4 Å². The molecule has 3 rings (SSSR count). The second-order valence-electron chi connectivity index (χ2n) is 5.62. The number of carbonyl (C=O) groups excluding carboxylic acids is 1. The van der Waals surface area contributed by atoms with E-state index in [1.807, 2.05) is 0 Å². The molecule has 1 amide bonds. The third kappa shape index (κ3) is 3.35. The maximum absolute atomic E-state index is 12.9. The predicted octanol–water partition coefficient (Wildman–Crippen LogP) is 2.06. The van der Waals surface area contributed by atoms with Gasteiger partial charge in [-0.1, -0.05) is 0 Å². The summed E-state index contributed by atoms with van der Waals surface area (Å²) < 4.78 is 36.1. The van der Waals surface area contributed by atoms with Crippen LogP contribution in [0.5, 0.6) is 11.5 Å². The molecule has 0 saturated heterocycles. The standard InChI is InChI=1S/C16H17NO6S2/c1-22-10-3-4-11(23-2)12(9-10)25(20,21)14-6-5-13(24-14)17-15(18)16(19)7-8-16/h3-6,9,19H,7-8H2,1-2H3,(H,17,18). The molecule has 0 unspecified atom stereocenters. The van der Waals surface area contributed by atoms with Crippen molar-refractivity contribution in [1.82, 2.24) is 0 Å². The molecule has 1 fully saturated rings. The van der Waals surface area contributed by atoms with Crippen LogP contribution in [0.1, 0.15) is 12.8 Å². The quantitative estimate of drug-likeness (QED) is 0.792. The first-order chi connectivity index (χ1) is 11.8. The van der Waals surface area contributed by atoms with Gasteiger partial charge in [-0.25, -0.2) is 8.42 Å². The first kappa shape index (κ1) is 17.7. The normalized spacial score (nSPS) is 15.5. The number of nitrogens with one attached hydrogen (secondary N) is 1. The van der Waals surface area contributed by atoms with Gasteiger partial charge in [0.05, 0.1) is 19.2 Å². The van der Waals surface area contributed by atoms with Crippen molar-refractivity contribution < 1.29 is 27.8 Å². The van der Waals surface area contributed by atoms with Gasteiger partial charge in [-0.05, 0) is 37.1 Å². The Hall–Kier alpha value is -2.10. The highest BCUT2D eigenvalue weighted by molar-refractivity contribution is 7.93. The van der Waals surface area contributed by atoms with E-state index < -0.39 is 21.3 Å². The number of benzene rings is 1. The number of rotatable bonds is 6. The molecule has 0 aliphatic heterocycles. The number of sulfone groups is 1. The molecule has 9 heteroatoms. The number of carbonyl (C=O) groups is 1. The first-order valence-electron chi connectivity index (χ1n) is 7.41. The number of methoxy groups -OCH3 is 2. The topological polar surface area (TPSA) is 102 Å². The van der Waals surface area contributed by atoms with Gasteiger partial charge in [0.2, 0.25) is 9.84 Å². The number of hydrogen-bond acceptors (Lipinski definition) is 7. The maximum atomic E-state index is 12.9. The smallest absolute Gasteiger partial charge is 0.256 e. The number of aliphatic hydroxyl groups is 1. The number of anilines is 1. The Morgan fingerprint density at radius 3 is 2.52 bits per heavy atom. The molecule has 1 aromatic heterocycles. The van der Waals surface area contributed by atoms with E-state index in [0.29, 0.717) is 23.6 Å². The summed E-state index contributed by atoms with van der Waals surface area (Å²) in [5, 5.41) is 12.7. The monoisotopic (exact) mass is 383 g/mol. The second-order valence-corrected chi connectivity index (χ2v) is 8.85. The van der Waals surface area contributed by atoms with Gasteiger partial charge in [-0.2, -0.15) is 0 Å². The maximum Gasteiger partial charge on any atom is 0.256 e. The average molecular weight is 383 g/mol. The highest BCUT2D eigenvalue weighted by atomic mass is 32.2. The second kappa shape index (κ2) is 6.32. The van der Waals surface area contributed by atoms with Crippen LogP contribution < -0.4 is 14.8 Å². The van der Waals surface area contributed by atoms with E-state index in [-0.39, 0.29) is 14.9 Å². The van der Waals surface area contributed by atoms with Gasteiger partial charge in [0.25, 0.3) is 5.91 Å². The number of hydrogen-bond donors (Lipinski definition) is 2. The van der Waals surface area contributed by atoms with Gasteiger partial charge in [0, 0.05) is 6.07 Å². The Kier molecular flexibility index (Phi) is 4.48. The molecule has 7 nitrogen and oxygen atoms in total. The van der Waals surface area contributed by atoms with Gasteiger partial charge in [-0.3, -0.25) is 4.79 Å². The molecule has 2 N–H and O–H groups in total. The zero-order valence-electron chi connectivity index (χ0n) is 13.6. The SMILES string of the molecule is COc1ccc(OC)c(S(=O)(=O)c2ccc(NC(=O)C3(O)CC3)s2)c1. The van der Waals surface area contributed by atoms with Crippen molar-refractivity contribution in [3.8, 4) is 11.5 Å². The van der Waals surface area contributed by atoms with Crippen molar-refractivity contribution in [3.63, 3.8) is 0 Å². The third-order valence-corrected chi connectivity index (χ3v) is 7.16. The van der Waals surface area contributed by atoms with Crippen molar-refractivity contribution in [2.75, 3.05) is 19.5 Å². The van der Waals surface area contributed by atoms with Crippen molar-refractivity contribution in [1.29, 1.82) is 0 Å². The van der Waals surface area contributed by atoms with Crippen molar-refractivity contribution in [2.45, 2.75) is 27.5 Å². The highest BCUT2D eigenvalue weighted by Crippen LogP contribution is 2.39. The lowest BCUT2D eigenvalue weighted by atomic mass is 10.3. The minimum atomic E-state index is -3.85. The molecule has 1 aromatic carbocycles. The molecule has 134 valence electrons. The Morgan fingerprint density at radius 1 is 1.20 bits per heavy atom. The summed E-state index contributed by atoms with van der Waals surface area (Å²) in [4.78, 5) is 11.9. The largest absolute Gasteiger partial charge is 0.497 e. The summed E-state index contributed by atoms with van der Waals surface area (Å²) in [5.41, 5.74) is -1.32. The molecule has 1 saturated carbocycles. The molecular weight excluding hydrogens is 366 g/mol. The van der Waals surface area contributed by atoms with E-state index in [4.69, 9.17) is 9.47 Å².